The Labute approximate surface area is 225 Å². The number of thiazole rings is 1. The minimum absolute atomic E-state index is 0.0416. The van der Waals surface area contributed by atoms with Gasteiger partial charge in [0, 0.05) is 28.2 Å². The normalized spacial score (nSPS) is 12.3. The van der Waals surface area contributed by atoms with Crippen LogP contribution in [-0.2, 0) is 16.3 Å². The first kappa shape index (κ1) is 27.0. The number of hydrogen-bond acceptors (Lipinski definition) is 7. The maximum atomic E-state index is 13.2. The molecule has 0 aliphatic rings. The van der Waals surface area contributed by atoms with Crippen LogP contribution in [0.15, 0.2) is 88.8 Å². The van der Waals surface area contributed by atoms with Crippen LogP contribution in [-0.4, -0.2) is 37.5 Å². The molecule has 4 aromatic rings. The van der Waals surface area contributed by atoms with Crippen LogP contribution in [0.5, 0.6) is 0 Å². The summed E-state index contributed by atoms with van der Waals surface area (Å²) in [6, 6.07) is 19.7. The average Bonchev–Trinajstić information content (AvgIpc) is 3.31. The second-order valence-corrected chi connectivity index (χ2v) is 12.1. The van der Waals surface area contributed by atoms with Crippen LogP contribution in [0.2, 0.25) is 5.02 Å². The molecule has 0 saturated heterocycles. The van der Waals surface area contributed by atoms with Crippen molar-refractivity contribution in [3.05, 3.63) is 106 Å². The Kier molecular flexibility index (Phi) is 8.73. The van der Waals surface area contributed by atoms with E-state index < -0.39 is 21.8 Å². The van der Waals surface area contributed by atoms with Crippen molar-refractivity contribution in [2.24, 2.45) is 0 Å². The third-order valence-corrected chi connectivity index (χ3v) is 8.47. The summed E-state index contributed by atoms with van der Waals surface area (Å²) in [6.45, 7) is 2.87. The molecular weight excluding hydrogens is 530 g/mol. The lowest BCUT2D eigenvalue weighted by Gasteiger charge is -2.13. The van der Waals surface area contributed by atoms with Crippen LogP contribution >= 0.6 is 22.9 Å². The van der Waals surface area contributed by atoms with E-state index in [9.17, 15) is 18.3 Å². The van der Waals surface area contributed by atoms with Crippen LogP contribution in [0.1, 0.15) is 32.5 Å². The average molecular weight is 556 g/mol. The highest BCUT2D eigenvalue weighted by Gasteiger charge is 2.19. The Hall–Kier alpha value is -3.08. The number of sulfone groups is 1. The lowest BCUT2D eigenvalue weighted by atomic mass is 10.1. The van der Waals surface area contributed by atoms with E-state index in [4.69, 9.17) is 11.6 Å². The molecule has 3 N–H and O–H groups in total. The molecule has 10 heteroatoms. The van der Waals surface area contributed by atoms with Crippen molar-refractivity contribution in [3.8, 4) is 0 Å². The van der Waals surface area contributed by atoms with Gasteiger partial charge in [0.15, 0.2) is 5.13 Å². The number of aryl methyl sites for hydroxylation is 1. The van der Waals surface area contributed by atoms with Crippen LogP contribution in [0.3, 0.4) is 0 Å². The van der Waals surface area contributed by atoms with Gasteiger partial charge in [0.05, 0.1) is 15.9 Å². The molecule has 1 amide bonds. The van der Waals surface area contributed by atoms with Crippen molar-refractivity contribution in [2.75, 3.05) is 18.4 Å². The first-order valence-corrected chi connectivity index (χ1v) is 14.2. The van der Waals surface area contributed by atoms with E-state index in [1.165, 1.54) is 23.5 Å². The number of nitrogens with zero attached hydrogens (tertiary/aromatic N) is 1. The van der Waals surface area contributed by atoms with E-state index in [0.29, 0.717) is 29.7 Å². The number of aromatic nitrogens is 1. The smallest absolute Gasteiger partial charge is 0.257 e. The standard InChI is InChI=1S/C27H26ClN3O4S2/c1-18-16-30-27(36-18)31-26(33)21-5-3-7-24(15-21)37(34,35)23-10-8-19(9-11-23)12-13-29-17-25(32)20-4-2-6-22(28)14-20/h2-11,14-16,25,29,32H,12-13,17H2,1H3,(H,30,31,33)/t25-/m0/s1. The number of aliphatic hydroxyl groups excluding tert-OH is 1. The van der Waals surface area contributed by atoms with E-state index in [1.54, 1.807) is 60.8 Å². The van der Waals surface area contributed by atoms with Crippen LogP contribution < -0.4 is 10.6 Å². The zero-order valence-corrected chi connectivity index (χ0v) is 22.4. The molecule has 0 radical (unpaired) electrons. The molecule has 0 spiro atoms. The molecule has 7 nitrogen and oxygen atoms in total. The van der Waals surface area contributed by atoms with Gasteiger partial charge in [0.2, 0.25) is 9.84 Å². The van der Waals surface area contributed by atoms with Gasteiger partial charge in [-0.05, 0) is 73.5 Å². The minimum atomic E-state index is -3.80. The molecule has 0 saturated carbocycles. The Morgan fingerprint density at radius 2 is 1.81 bits per heavy atom. The number of rotatable bonds is 10. The first-order valence-electron chi connectivity index (χ1n) is 11.5. The predicted molar refractivity (Wildman–Crippen MR) is 146 cm³/mol. The van der Waals surface area contributed by atoms with Gasteiger partial charge in [-0.2, -0.15) is 0 Å². The first-order chi connectivity index (χ1) is 17.7. The SMILES string of the molecule is Cc1cnc(NC(=O)c2cccc(S(=O)(=O)c3ccc(CCNC[C@H](O)c4cccc(Cl)c4)cc3)c2)s1. The molecule has 0 bridgehead atoms. The number of aliphatic hydroxyl groups is 1. The van der Waals surface area contributed by atoms with E-state index >= 15 is 0 Å². The highest BCUT2D eigenvalue weighted by Crippen LogP contribution is 2.24. The fraction of sp³-hybridized carbons (Fsp3) is 0.185. The number of carbonyl (C=O) groups is 1. The van der Waals surface area contributed by atoms with E-state index in [1.807, 2.05) is 13.0 Å². The summed E-state index contributed by atoms with van der Waals surface area (Å²) in [5.41, 5.74) is 1.93. The van der Waals surface area contributed by atoms with Gasteiger partial charge >= 0.3 is 0 Å². The lowest BCUT2D eigenvalue weighted by Crippen LogP contribution is -2.23. The molecule has 192 valence electrons. The van der Waals surface area contributed by atoms with Crippen LogP contribution in [0.4, 0.5) is 5.13 Å². The molecule has 0 unspecified atom stereocenters. The van der Waals surface area contributed by atoms with Gasteiger partial charge in [-0.3, -0.25) is 10.1 Å². The quantitative estimate of drug-likeness (QED) is 0.236. The van der Waals surface area contributed by atoms with Crippen LogP contribution in [0, 0.1) is 6.92 Å². The van der Waals surface area contributed by atoms with Gasteiger partial charge in [-0.1, -0.05) is 41.9 Å². The summed E-state index contributed by atoms with van der Waals surface area (Å²) < 4.78 is 26.4. The van der Waals surface area contributed by atoms with Gasteiger partial charge in [-0.25, -0.2) is 13.4 Å². The molecular formula is C27H26ClN3O4S2. The van der Waals surface area contributed by atoms with Gasteiger partial charge in [0.1, 0.15) is 0 Å². The highest BCUT2D eigenvalue weighted by atomic mass is 35.5. The lowest BCUT2D eigenvalue weighted by molar-refractivity contribution is 0.102. The second-order valence-electron chi connectivity index (χ2n) is 8.43. The van der Waals surface area contributed by atoms with Gasteiger partial charge in [0.25, 0.3) is 5.91 Å². The Bertz CT molecular complexity index is 1490. The van der Waals surface area contributed by atoms with E-state index in [-0.39, 0.29) is 15.4 Å². The number of nitrogens with one attached hydrogen (secondary N) is 2. The van der Waals surface area contributed by atoms with E-state index in [0.717, 1.165) is 16.0 Å². The minimum Gasteiger partial charge on any atom is -0.387 e. The monoisotopic (exact) mass is 555 g/mol. The number of benzene rings is 3. The number of halogens is 1. The maximum Gasteiger partial charge on any atom is 0.257 e. The Balaban J connectivity index is 1.35. The molecule has 4 rings (SSSR count). The highest BCUT2D eigenvalue weighted by molar-refractivity contribution is 7.91. The van der Waals surface area contributed by atoms with Crippen molar-refractivity contribution in [1.82, 2.24) is 10.3 Å². The van der Waals surface area contributed by atoms with Crippen molar-refractivity contribution < 1.29 is 18.3 Å². The van der Waals surface area contributed by atoms with E-state index in [2.05, 4.69) is 15.6 Å². The van der Waals surface area contributed by atoms with Gasteiger partial charge in [-0.15, -0.1) is 11.3 Å². The number of carbonyl (C=O) groups excluding carboxylic acids is 1. The summed E-state index contributed by atoms with van der Waals surface area (Å²) in [7, 11) is -3.80. The van der Waals surface area contributed by atoms with Crippen molar-refractivity contribution in [1.29, 1.82) is 0 Å². The fourth-order valence-corrected chi connectivity index (χ4v) is 5.83. The molecule has 1 atom stereocenters. The van der Waals surface area contributed by atoms with Crippen LogP contribution in [0.25, 0.3) is 0 Å². The van der Waals surface area contributed by atoms with Gasteiger partial charge < -0.3 is 10.4 Å². The van der Waals surface area contributed by atoms with Crippen molar-refractivity contribution in [3.63, 3.8) is 0 Å². The molecule has 0 aliphatic carbocycles. The Morgan fingerprint density at radius 1 is 1.05 bits per heavy atom. The Morgan fingerprint density at radius 3 is 2.51 bits per heavy atom. The summed E-state index contributed by atoms with van der Waals surface area (Å²) in [4.78, 5) is 17.8. The molecule has 0 fully saturated rings. The molecule has 0 aliphatic heterocycles. The van der Waals surface area contributed by atoms with Crippen molar-refractivity contribution in [2.45, 2.75) is 29.2 Å². The summed E-state index contributed by atoms with van der Waals surface area (Å²) >= 11 is 7.32. The third-order valence-electron chi connectivity index (χ3n) is 5.64. The fourth-order valence-electron chi connectivity index (χ4n) is 3.66. The zero-order valence-electron chi connectivity index (χ0n) is 20.0. The molecule has 37 heavy (non-hydrogen) atoms. The number of anilines is 1. The number of amides is 1. The van der Waals surface area contributed by atoms with Crippen molar-refractivity contribution >= 4 is 43.8 Å². The zero-order chi connectivity index (χ0) is 26.4. The second kappa shape index (κ2) is 12.0. The molecule has 3 aromatic carbocycles. The summed E-state index contributed by atoms with van der Waals surface area (Å²) in [5, 5.41) is 17.2. The predicted octanol–water partition coefficient (Wildman–Crippen LogP) is 5.06. The molecule has 1 heterocycles. The maximum absolute atomic E-state index is 13.2. The largest absolute Gasteiger partial charge is 0.387 e. The topological polar surface area (TPSA) is 108 Å². The number of hydrogen-bond donors (Lipinski definition) is 3. The third kappa shape index (κ3) is 7.03. The summed E-state index contributed by atoms with van der Waals surface area (Å²) in [5.74, 6) is -0.422. The molecule has 1 aromatic heterocycles. The summed E-state index contributed by atoms with van der Waals surface area (Å²) in [6.07, 6.45) is 1.65.